The summed E-state index contributed by atoms with van der Waals surface area (Å²) in [5, 5.41) is 39.9. The highest BCUT2D eigenvalue weighted by Crippen LogP contribution is 2.64. The van der Waals surface area contributed by atoms with Crippen molar-refractivity contribution >= 4 is 35.9 Å². The van der Waals surface area contributed by atoms with E-state index in [2.05, 4.69) is 10.3 Å². The Morgan fingerprint density at radius 3 is 2.19 bits per heavy atom. The third-order valence-corrected chi connectivity index (χ3v) is 12.8. The molecule has 336 valence electrons. The van der Waals surface area contributed by atoms with E-state index in [1.807, 2.05) is 0 Å². The van der Waals surface area contributed by atoms with E-state index in [0.717, 1.165) is 14.0 Å². The molecule has 2 heterocycles. The molecule has 2 bridgehead atoms. The summed E-state index contributed by atoms with van der Waals surface area (Å²) in [5.74, 6) is -5.61. The predicted octanol–water partition coefficient (Wildman–Crippen LogP) is 3.45. The van der Waals surface area contributed by atoms with Crippen LogP contribution in [0.15, 0.2) is 66.0 Å². The van der Waals surface area contributed by atoms with E-state index >= 15 is 4.79 Å². The number of ether oxygens (including phenoxy) is 7. The minimum Gasteiger partial charge on any atom is -0.456 e. The Kier molecular flexibility index (Phi) is 12.4. The molecule has 4 N–H and O–H groups in total. The standard InChI is InChI=1S/C44H54N2O16/c1-22-26(58-37(52)31(49)30(24-15-17-45-18-16-24)46-38(53)62-40(3,4)5)20-44(55)35(60-36(51)25-13-11-10-12-14-25)33-42(8,27(48)19-28-43(33,21-57-28)61-23(2)47)34(50)32(59-39(54)56-9)29(22)41(44,6)7/h10-18,26-28,30-33,35,48-49,55H,19-21H2,1-9H3,(H,46,53)/t26-,27-,28+,30-,31+,32+,33?,35-,42+,43-,44+/m0/s1. The zero-order chi connectivity index (χ0) is 45.7. The molecule has 62 heavy (non-hydrogen) atoms. The summed E-state index contributed by atoms with van der Waals surface area (Å²) in [6.45, 7) is 11.5. The number of nitrogens with one attached hydrogen (secondary N) is 1. The number of rotatable bonds is 9. The first-order chi connectivity index (χ1) is 28.9. The quantitative estimate of drug-likeness (QED) is 0.160. The van der Waals surface area contributed by atoms with Gasteiger partial charge in [-0.2, -0.15) is 0 Å². The van der Waals surface area contributed by atoms with E-state index in [-0.39, 0.29) is 35.3 Å². The molecule has 2 saturated carbocycles. The highest BCUT2D eigenvalue weighted by Gasteiger charge is 2.78. The molecule has 1 saturated heterocycles. The molecule has 1 aliphatic heterocycles. The number of aliphatic hydroxyl groups excluding tert-OH is 2. The molecular weight excluding hydrogens is 812 g/mol. The molecule has 11 atom stereocenters. The molecule has 2 aromatic rings. The summed E-state index contributed by atoms with van der Waals surface area (Å²) < 4.78 is 40.3. The number of fused-ring (bicyclic) bond motifs is 5. The van der Waals surface area contributed by atoms with Crippen LogP contribution in [0.5, 0.6) is 0 Å². The van der Waals surface area contributed by atoms with Crippen molar-refractivity contribution in [1.82, 2.24) is 10.3 Å². The number of ketones is 1. The lowest BCUT2D eigenvalue weighted by atomic mass is 9.44. The molecule has 0 spiro atoms. The van der Waals surface area contributed by atoms with Crippen molar-refractivity contribution < 1.29 is 77.2 Å². The Morgan fingerprint density at radius 2 is 1.63 bits per heavy atom. The van der Waals surface area contributed by atoms with E-state index in [9.17, 15) is 39.3 Å². The van der Waals surface area contributed by atoms with Crippen LogP contribution in [-0.4, -0.2) is 123 Å². The second-order valence-corrected chi connectivity index (χ2v) is 18.0. The molecule has 4 aliphatic rings. The van der Waals surface area contributed by atoms with Crippen molar-refractivity contribution in [1.29, 1.82) is 0 Å². The first-order valence-electron chi connectivity index (χ1n) is 20.2. The number of nitrogens with zero attached hydrogens (tertiary/aromatic N) is 1. The number of hydrogen-bond donors (Lipinski definition) is 4. The monoisotopic (exact) mass is 866 g/mol. The van der Waals surface area contributed by atoms with Crippen LogP contribution >= 0.6 is 0 Å². The van der Waals surface area contributed by atoms with Crippen LogP contribution < -0.4 is 5.32 Å². The molecular formula is C44H54N2O16. The molecule has 1 amide bonds. The number of esters is 3. The van der Waals surface area contributed by atoms with Gasteiger partial charge in [-0.05, 0) is 75.6 Å². The highest BCUT2D eigenvalue weighted by molar-refractivity contribution is 5.95. The van der Waals surface area contributed by atoms with Crippen LogP contribution in [0.25, 0.3) is 0 Å². The Morgan fingerprint density at radius 1 is 0.984 bits per heavy atom. The predicted molar refractivity (Wildman–Crippen MR) is 213 cm³/mol. The molecule has 6 rings (SSSR count). The highest BCUT2D eigenvalue weighted by atomic mass is 16.7. The zero-order valence-electron chi connectivity index (χ0n) is 36.0. The third kappa shape index (κ3) is 7.93. The number of hydrogen-bond acceptors (Lipinski definition) is 17. The van der Waals surface area contributed by atoms with Gasteiger partial charge in [0.05, 0.1) is 42.8 Å². The van der Waals surface area contributed by atoms with Crippen molar-refractivity contribution in [2.45, 2.75) is 128 Å². The summed E-state index contributed by atoms with van der Waals surface area (Å²) >= 11 is 0. The van der Waals surface area contributed by atoms with E-state index in [0.29, 0.717) is 0 Å². The van der Waals surface area contributed by atoms with Crippen molar-refractivity contribution in [3.8, 4) is 0 Å². The number of pyridine rings is 1. The average molecular weight is 867 g/mol. The van der Waals surface area contributed by atoms with Gasteiger partial charge in [0.25, 0.3) is 0 Å². The number of Topliss-reactive ketones (excluding diaryl/α,β-unsaturated/α-hetero) is 1. The number of alkyl carbamates (subject to hydrolysis) is 1. The molecule has 18 nitrogen and oxygen atoms in total. The minimum atomic E-state index is -2.45. The van der Waals surface area contributed by atoms with Gasteiger partial charge in [-0.3, -0.25) is 14.6 Å². The topological polar surface area (TPSA) is 253 Å². The first-order valence-corrected chi connectivity index (χ1v) is 20.2. The summed E-state index contributed by atoms with van der Waals surface area (Å²) in [4.78, 5) is 87.1. The van der Waals surface area contributed by atoms with Crippen molar-refractivity contribution in [3.63, 3.8) is 0 Å². The molecule has 1 aromatic heterocycles. The van der Waals surface area contributed by atoms with E-state index in [4.69, 9.17) is 33.2 Å². The number of amides is 1. The van der Waals surface area contributed by atoms with E-state index in [1.165, 1.54) is 64.4 Å². The Bertz CT molecular complexity index is 2120. The molecule has 0 radical (unpaired) electrons. The SMILES string of the molecule is COC(=O)O[C@H]1C(=O)[C@@]2(C)C([C@H](OC(=O)c3ccccc3)[C@]3(O)C[C@H](OC(=O)[C@H](O)[C@@H](NC(=O)OC(C)(C)C)c4ccncc4)C(C)=C1C3(C)C)[C@]1(OC(C)=O)CO[C@@H]1C[C@@H]2O. The maximum atomic E-state index is 15.5. The van der Waals surface area contributed by atoms with Crippen molar-refractivity contribution in [3.05, 3.63) is 77.1 Å². The minimum absolute atomic E-state index is 0.0451. The van der Waals surface area contributed by atoms with Gasteiger partial charge in [0, 0.05) is 37.6 Å². The molecule has 1 aromatic carbocycles. The van der Waals surface area contributed by atoms with Crippen LogP contribution in [0, 0.1) is 16.7 Å². The lowest BCUT2D eigenvalue weighted by molar-refractivity contribution is -0.346. The van der Waals surface area contributed by atoms with Gasteiger partial charge in [-0.15, -0.1) is 0 Å². The maximum Gasteiger partial charge on any atom is 0.509 e. The number of aliphatic hydroxyl groups is 3. The van der Waals surface area contributed by atoms with Gasteiger partial charge in [0.1, 0.15) is 29.5 Å². The largest absolute Gasteiger partial charge is 0.509 e. The van der Waals surface area contributed by atoms with Gasteiger partial charge < -0.3 is 53.8 Å². The number of carbonyl (C=O) groups excluding carboxylic acids is 6. The fourth-order valence-electron chi connectivity index (χ4n) is 9.69. The average Bonchev–Trinajstić information content (AvgIpc) is 3.20. The fraction of sp³-hybridized carbons (Fsp3) is 0.568. The Balaban J connectivity index is 1.55. The van der Waals surface area contributed by atoms with Crippen LogP contribution in [0.3, 0.4) is 0 Å². The van der Waals surface area contributed by atoms with Crippen molar-refractivity contribution in [2.75, 3.05) is 13.7 Å². The van der Waals surface area contributed by atoms with Crippen LogP contribution in [-0.2, 0) is 47.5 Å². The molecule has 3 fully saturated rings. The van der Waals surface area contributed by atoms with Gasteiger partial charge in [-0.1, -0.05) is 32.0 Å². The number of aromatic nitrogens is 1. The fourth-order valence-corrected chi connectivity index (χ4v) is 9.69. The lowest BCUT2D eigenvalue weighted by Gasteiger charge is -2.67. The summed E-state index contributed by atoms with van der Waals surface area (Å²) in [6.07, 6.45) is -10.5. The summed E-state index contributed by atoms with van der Waals surface area (Å²) in [6, 6.07) is 9.21. The molecule has 18 heteroatoms. The van der Waals surface area contributed by atoms with E-state index in [1.54, 1.807) is 39.0 Å². The second kappa shape index (κ2) is 16.7. The number of carbonyl (C=O) groups is 6. The van der Waals surface area contributed by atoms with Gasteiger partial charge in [0.2, 0.25) is 0 Å². The first kappa shape index (κ1) is 46.1. The van der Waals surface area contributed by atoms with Crippen LogP contribution in [0.2, 0.25) is 0 Å². The molecule has 1 unspecified atom stereocenters. The molecule has 3 aliphatic carbocycles. The van der Waals surface area contributed by atoms with Crippen LogP contribution in [0.4, 0.5) is 9.59 Å². The normalized spacial score (nSPS) is 32.1. The lowest BCUT2D eigenvalue weighted by Crippen LogP contribution is -2.82. The smallest absolute Gasteiger partial charge is 0.456 e. The van der Waals surface area contributed by atoms with Gasteiger partial charge in [0.15, 0.2) is 23.6 Å². The van der Waals surface area contributed by atoms with Crippen LogP contribution in [0.1, 0.15) is 90.2 Å². The van der Waals surface area contributed by atoms with E-state index < -0.39 is 119 Å². The maximum absolute atomic E-state index is 15.5. The third-order valence-electron chi connectivity index (χ3n) is 12.8. The van der Waals surface area contributed by atoms with Gasteiger partial charge in [-0.25, -0.2) is 19.2 Å². The summed E-state index contributed by atoms with van der Waals surface area (Å²) in [7, 11) is 1.01. The van der Waals surface area contributed by atoms with Gasteiger partial charge >= 0.3 is 30.2 Å². The second-order valence-electron chi connectivity index (χ2n) is 18.0. The Labute approximate surface area is 358 Å². The number of benzene rings is 1. The number of methoxy groups -OCH3 is 1. The summed E-state index contributed by atoms with van der Waals surface area (Å²) in [5.41, 5.74) is -8.77. The van der Waals surface area contributed by atoms with Crippen molar-refractivity contribution in [2.24, 2.45) is 16.7 Å². The Hall–Kier alpha value is -5.43. The zero-order valence-corrected chi connectivity index (χ0v) is 36.0.